The van der Waals surface area contributed by atoms with Crippen molar-refractivity contribution in [1.29, 1.82) is 0 Å². The van der Waals surface area contributed by atoms with Gasteiger partial charge >= 0.3 is 0 Å². The maximum Gasteiger partial charge on any atom is 0.0609 e. The summed E-state index contributed by atoms with van der Waals surface area (Å²) in [6, 6.07) is 0. The molecule has 0 radical (unpaired) electrons. The maximum atomic E-state index is 5.42. The van der Waals surface area contributed by atoms with Crippen LogP contribution in [0.2, 0.25) is 0 Å². The highest BCUT2D eigenvalue weighted by atomic mass is 16.5. The first-order valence-electron chi connectivity index (χ1n) is 3.49. The molecular formula is C7H12O. The van der Waals surface area contributed by atoms with Gasteiger partial charge in [0, 0.05) is 6.61 Å². The predicted octanol–water partition coefficient (Wildman–Crippen LogP) is 1.43. The Bertz CT molecular complexity index is 101. The second-order valence-electron chi connectivity index (χ2n) is 3.07. The minimum Gasteiger partial charge on any atom is -0.378 e. The van der Waals surface area contributed by atoms with Crippen LogP contribution in [0.3, 0.4) is 0 Å². The Morgan fingerprint density at radius 1 is 1.50 bits per heavy atom. The van der Waals surface area contributed by atoms with Crippen molar-refractivity contribution in [3.05, 3.63) is 0 Å². The Labute approximate surface area is 50.0 Å². The van der Waals surface area contributed by atoms with Gasteiger partial charge in [-0.2, -0.15) is 0 Å². The lowest BCUT2D eigenvalue weighted by molar-refractivity contribution is -0.00444. The Morgan fingerprint density at radius 3 is 2.88 bits per heavy atom. The maximum absolute atomic E-state index is 5.42. The quantitative estimate of drug-likeness (QED) is 0.460. The molecule has 1 heteroatoms. The molecule has 1 saturated heterocycles. The molecule has 1 aliphatic heterocycles. The second kappa shape index (κ2) is 1.47. The third-order valence-corrected chi connectivity index (χ3v) is 2.60. The highest BCUT2D eigenvalue weighted by Gasteiger charge is 2.42. The second-order valence-corrected chi connectivity index (χ2v) is 3.07. The fourth-order valence-corrected chi connectivity index (χ4v) is 1.90. The van der Waals surface area contributed by atoms with Crippen LogP contribution in [0.25, 0.3) is 0 Å². The summed E-state index contributed by atoms with van der Waals surface area (Å²) in [7, 11) is 0. The molecule has 2 rings (SSSR count). The van der Waals surface area contributed by atoms with E-state index in [1.54, 1.807) is 0 Å². The molecule has 8 heavy (non-hydrogen) atoms. The Balaban J connectivity index is 2.02. The molecule has 46 valence electrons. The molecule has 0 N–H and O–H groups in total. The van der Waals surface area contributed by atoms with Crippen LogP contribution >= 0.6 is 0 Å². The van der Waals surface area contributed by atoms with Crippen LogP contribution in [0.15, 0.2) is 0 Å². The molecule has 0 bridgehead atoms. The minimum absolute atomic E-state index is 0.671. The summed E-state index contributed by atoms with van der Waals surface area (Å²) in [5.74, 6) is 1.90. The molecule has 2 aliphatic rings. The first kappa shape index (κ1) is 4.80. The molecular weight excluding hydrogens is 100 g/mol. The van der Waals surface area contributed by atoms with Gasteiger partial charge in [-0.3, -0.25) is 0 Å². The molecule has 0 aromatic heterocycles. The van der Waals surface area contributed by atoms with Crippen LogP contribution in [0.5, 0.6) is 0 Å². The molecule has 1 aliphatic carbocycles. The lowest BCUT2D eigenvalue weighted by Crippen LogP contribution is -2.35. The van der Waals surface area contributed by atoms with Crippen LogP contribution in [-0.2, 0) is 4.74 Å². The van der Waals surface area contributed by atoms with Gasteiger partial charge in [-0.05, 0) is 24.7 Å². The van der Waals surface area contributed by atoms with Crippen molar-refractivity contribution in [3.63, 3.8) is 0 Å². The van der Waals surface area contributed by atoms with Crippen molar-refractivity contribution in [2.24, 2.45) is 11.8 Å². The summed E-state index contributed by atoms with van der Waals surface area (Å²) in [6.45, 7) is 3.36. The average Bonchev–Trinajstić information content (AvgIpc) is 2.09. The largest absolute Gasteiger partial charge is 0.378 e. The first-order chi connectivity index (χ1) is 3.88. The van der Waals surface area contributed by atoms with Gasteiger partial charge in [0.1, 0.15) is 0 Å². The van der Waals surface area contributed by atoms with E-state index in [1.165, 1.54) is 12.8 Å². The molecule has 0 spiro atoms. The number of rotatable bonds is 0. The van der Waals surface area contributed by atoms with E-state index in [0.29, 0.717) is 6.10 Å². The van der Waals surface area contributed by atoms with E-state index in [9.17, 15) is 0 Å². The molecule has 3 unspecified atom stereocenters. The predicted molar refractivity (Wildman–Crippen MR) is 31.6 cm³/mol. The molecule has 0 amide bonds. The molecule has 1 saturated carbocycles. The van der Waals surface area contributed by atoms with Gasteiger partial charge < -0.3 is 4.74 Å². The van der Waals surface area contributed by atoms with Crippen LogP contribution in [-0.4, -0.2) is 12.7 Å². The molecule has 1 nitrogen and oxygen atoms in total. The Hall–Kier alpha value is -0.0400. The Morgan fingerprint density at radius 2 is 2.38 bits per heavy atom. The highest BCUT2D eigenvalue weighted by Crippen LogP contribution is 2.42. The number of fused-ring (bicyclic) bond motifs is 1. The van der Waals surface area contributed by atoms with Crippen molar-refractivity contribution >= 4 is 0 Å². The highest BCUT2D eigenvalue weighted by molar-refractivity contribution is 4.90. The van der Waals surface area contributed by atoms with E-state index in [-0.39, 0.29) is 0 Å². The summed E-state index contributed by atoms with van der Waals surface area (Å²) in [4.78, 5) is 0. The van der Waals surface area contributed by atoms with Crippen LogP contribution in [0.1, 0.15) is 19.8 Å². The molecule has 3 atom stereocenters. The van der Waals surface area contributed by atoms with E-state index >= 15 is 0 Å². The third kappa shape index (κ3) is 0.455. The molecule has 2 fully saturated rings. The zero-order chi connectivity index (χ0) is 5.56. The summed E-state index contributed by atoms with van der Waals surface area (Å²) >= 11 is 0. The van der Waals surface area contributed by atoms with Gasteiger partial charge in [-0.15, -0.1) is 0 Å². The number of hydrogen-bond acceptors (Lipinski definition) is 1. The fourth-order valence-electron chi connectivity index (χ4n) is 1.90. The topological polar surface area (TPSA) is 9.23 Å². The van der Waals surface area contributed by atoms with Gasteiger partial charge in [-0.25, -0.2) is 0 Å². The lowest BCUT2D eigenvalue weighted by Gasteiger charge is -2.36. The lowest BCUT2D eigenvalue weighted by atomic mass is 9.72. The van der Waals surface area contributed by atoms with Crippen LogP contribution in [0.4, 0.5) is 0 Å². The monoisotopic (exact) mass is 112 g/mol. The van der Waals surface area contributed by atoms with Gasteiger partial charge in [0.05, 0.1) is 6.10 Å². The van der Waals surface area contributed by atoms with Crippen molar-refractivity contribution in [2.45, 2.75) is 25.9 Å². The summed E-state index contributed by atoms with van der Waals surface area (Å²) < 4.78 is 5.42. The summed E-state index contributed by atoms with van der Waals surface area (Å²) in [6.07, 6.45) is 3.32. The standard InChI is InChI=1S/C7H12O/c1-5-4-7-6(5)2-3-8-7/h5-7H,2-4H2,1H3. The minimum atomic E-state index is 0.671. The van der Waals surface area contributed by atoms with Gasteiger partial charge in [0.15, 0.2) is 0 Å². The van der Waals surface area contributed by atoms with Gasteiger partial charge in [0.25, 0.3) is 0 Å². The molecule has 1 heterocycles. The van der Waals surface area contributed by atoms with Crippen molar-refractivity contribution < 1.29 is 4.74 Å². The fraction of sp³-hybridized carbons (Fsp3) is 1.00. The van der Waals surface area contributed by atoms with Crippen molar-refractivity contribution in [2.75, 3.05) is 6.61 Å². The summed E-state index contributed by atoms with van der Waals surface area (Å²) in [5, 5.41) is 0. The summed E-state index contributed by atoms with van der Waals surface area (Å²) in [5.41, 5.74) is 0. The van der Waals surface area contributed by atoms with Crippen LogP contribution < -0.4 is 0 Å². The zero-order valence-corrected chi connectivity index (χ0v) is 5.26. The van der Waals surface area contributed by atoms with Crippen LogP contribution in [0, 0.1) is 11.8 Å². The first-order valence-corrected chi connectivity index (χ1v) is 3.49. The number of ether oxygens (including phenoxy) is 1. The molecule has 0 aromatic rings. The van der Waals surface area contributed by atoms with E-state index in [2.05, 4.69) is 6.92 Å². The average molecular weight is 112 g/mol. The van der Waals surface area contributed by atoms with E-state index in [0.717, 1.165) is 18.4 Å². The van der Waals surface area contributed by atoms with E-state index < -0.39 is 0 Å². The van der Waals surface area contributed by atoms with Gasteiger partial charge in [0.2, 0.25) is 0 Å². The third-order valence-electron chi connectivity index (χ3n) is 2.60. The van der Waals surface area contributed by atoms with Gasteiger partial charge in [-0.1, -0.05) is 6.92 Å². The van der Waals surface area contributed by atoms with Crippen molar-refractivity contribution in [3.8, 4) is 0 Å². The zero-order valence-electron chi connectivity index (χ0n) is 5.26. The normalized spacial score (nSPS) is 52.9. The van der Waals surface area contributed by atoms with Crippen molar-refractivity contribution in [1.82, 2.24) is 0 Å². The van der Waals surface area contributed by atoms with E-state index in [4.69, 9.17) is 4.74 Å². The molecule has 0 aromatic carbocycles. The SMILES string of the molecule is CC1CC2OCCC12. The number of hydrogen-bond donors (Lipinski definition) is 0. The Kier molecular flexibility index (Phi) is 0.884. The van der Waals surface area contributed by atoms with E-state index in [1.807, 2.05) is 0 Å². The smallest absolute Gasteiger partial charge is 0.0609 e.